The van der Waals surface area contributed by atoms with E-state index in [2.05, 4.69) is 27.9 Å². The predicted molar refractivity (Wildman–Crippen MR) is 76.4 cm³/mol. The highest BCUT2D eigenvalue weighted by atomic mass is 127. The number of hydrogen-bond acceptors (Lipinski definition) is 1. The van der Waals surface area contributed by atoms with Crippen LogP contribution in [-0.2, 0) is 6.18 Å². The van der Waals surface area contributed by atoms with Gasteiger partial charge >= 0.3 is 6.18 Å². The molecule has 0 aliphatic rings. The molecule has 0 radical (unpaired) electrons. The van der Waals surface area contributed by atoms with E-state index in [9.17, 15) is 22.4 Å². The van der Waals surface area contributed by atoms with Crippen LogP contribution in [0.2, 0.25) is 0 Å². The van der Waals surface area contributed by atoms with E-state index >= 15 is 0 Å². The van der Waals surface area contributed by atoms with E-state index in [-0.39, 0.29) is 17.5 Å². The molecule has 2 nitrogen and oxygen atoms in total. The standard InChI is InChI=1S/C13H14F4INO/c1-7(2)11(6-18)19-12(20)8-3-4-10(14)9(5-8)13(15,16)17/h3-5,7,11H,6H2,1-2H3,(H,19,20). The van der Waals surface area contributed by atoms with Crippen LogP contribution in [0.15, 0.2) is 18.2 Å². The van der Waals surface area contributed by atoms with Gasteiger partial charge in [0.25, 0.3) is 5.91 Å². The summed E-state index contributed by atoms with van der Waals surface area (Å²) in [6.07, 6.45) is -4.82. The summed E-state index contributed by atoms with van der Waals surface area (Å²) in [7, 11) is 0. The Labute approximate surface area is 128 Å². The highest BCUT2D eigenvalue weighted by molar-refractivity contribution is 14.1. The minimum absolute atomic E-state index is 0.150. The largest absolute Gasteiger partial charge is 0.419 e. The summed E-state index contributed by atoms with van der Waals surface area (Å²) in [5.41, 5.74) is -1.63. The quantitative estimate of drug-likeness (QED) is 0.459. The van der Waals surface area contributed by atoms with Crippen LogP contribution >= 0.6 is 22.6 Å². The normalized spacial score (nSPS) is 13.4. The molecule has 1 atom stereocenters. The highest BCUT2D eigenvalue weighted by Crippen LogP contribution is 2.31. The Bertz CT molecular complexity index is 488. The van der Waals surface area contributed by atoms with Gasteiger partial charge < -0.3 is 5.32 Å². The molecule has 1 N–H and O–H groups in total. The van der Waals surface area contributed by atoms with Gasteiger partial charge in [0.2, 0.25) is 0 Å². The molecule has 1 aromatic carbocycles. The van der Waals surface area contributed by atoms with Gasteiger partial charge in [0.15, 0.2) is 0 Å². The first-order valence-corrected chi connectivity index (χ1v) is 7.43. The van der Waals surface area contributed by atoms with Crippen molar-refractivity contribution in [1.82, 2.24) is 5.32 Å². The fourth-order valence-electron chi connectivity index (χ4n) is 1.52. The maximum atomic E-state index is 13.1. The van der Waals surface area contributed by atoms with Crippen molar-refractivity contribution in [3.05, 3.63) is 35.1 Å². The van der Waals surface area contributed by atoms with E-state index in [4.69, 9.17) is 0 Å². The van der Waals surface area contributed by atoms with E-state index in [1.807, 2.05) is 13.8 Å². The molecular weight excluding hydrogens is 389 g/mol. The monoisotopic (exact) mass is 403 g/mol. The first kappa shape index (κ1) is 17.2. The van der Waals surface area contributed by atoms with E-state index in [1.54, 1.807) is 0 Å². The number of nitrogens with one attached hydrogen (secondary N) is 1. The van der Waals surface area contributed by atoms with E-state index in [1.165, 1.54) is 0 Å². The summed E-state index contributed by atoms with van der Waals surface area (Å²) < 4.78 is 51.5. The molecule has 20 heavy (non-hydrogen) atoms. The van der Waals surface area contributed by atoms with Crippen LogP contribution < -0.4 is 5.32 Å². The van der Waals surface area contributed by atoms with Crippen molar-refractivity contribution in [3.63, 3.8) is 0 Å². The molecule has 0 fully saturated rings. The van der Waals surface area contributed by atoms with E-state index in [0.717, 1.165) is 6.07 Å². The number of benzene rings is 1. The van der Waals surface area contributed by atoms with Crippen molar-refractivity contribution in [2.45, 2.75) is 26.1 Å². The Hall–Kier alpha value is -0.860. The lowest BCUT2D eigenvalue weighted by Crippen LogP contribution is -2.39. The Morgan fingerprint density at radius 2 is 1.95 bits per heavy atom. The molecule has 0 aliphatic carbocycles. The number of halogens is 5. The van der Waals surface area contributed by atoms with Crippen LogP contribution in [0.3, 0.4) is 0 Å². The lowest BCUT2D eigenvalue weighted by atomic mass is 10.0. The fraction of sp³-hybridized carbons (Fsp3) is 0.462. The van der Waals surface area contributed by atoms with Gasteiger partial charge in [-0.05, 0) is 24.1 Å². The molecule has 1 rings (SSSR count). The van der Waals surface area contributed by atoms with Crippen molar-refractivity contribution >= 4 is 28.5 Å². The van der Waals surface area contributed by atoms with Gasteiger partial charge in [-0.2, -0.15) is 13.2 Å². The third kappa shape index (κ3) is 4.32. The summed E-state index contributed by atoms with van der Waals surface area (Å²) in [5, 5.41) is 2.64. The van der Waals surface area contributed by atoms with Crippen LogP contribution in [0, 0.1) is 11.7 Å². The first-order valence-electron chi connectivity index (χ1n) is 5.90. The fourth-order valence-corrected chi connectivity index (χ4v) is 2.76. The Morgan fingerprint density at radius 1 is 1.35 bits per heavy atom. The topological polar surface area (TPSA) is 29.1 Å². The molecule has 0 saturated carbocycles. The molecule has 0 saturated heterocycles. The molecule has 112 valence electrons. The maximum absolute atomic E-state index is 13.1. The van der Waals surface area contributed by atoms with Gasteiger partial charge in [-0.1, -0.05) is 36.4 Å². The summed E-state index contributed by atoms with van der Waals surface area (Å²) in [6, 6.07) is 2.09. The summed E-state index contributed by atoms with van der Waals surface area (Å²) in [6.45, 7) is 3.80. The summed E-state index contributed by atoms with van der Waals surface area (Å²) >= 11 is 2.09. The molecule has 0 bridgehead atoms. The third-order valence-electron chi connectivity index (χ3n) is 2.82. The Balaban J connectivity index is 3.00. The van der Waals surface area contributed by atoms with E-state index < -0.39 is 23.5 Å². The number of carbonyl (C=O) groups is 1. The zero-order chi connectivity index (χ0) is 15.5. The van der Waals surface area contributed by atoms with Crippen molar-refractivity contribution < 1.29 is 22.4 Å². The van der Waals surface area contributed by atoms with Crippen LogP contribution in [0.1, 0.15) is 29.8 Å². The van der Waals surface area contributed by atoms with Gasteiger partial charge in [-0.15, -0.1) is 0 Å². The Kier molecular flexibility index (Phi) is 5.79. The lowest BCUT2D eigenvalue weighted by Gasteiger charge is -2.20. The third-order valence-corrected chi connectivity index (χ3v) is 3.77. The molecule has 0 heterocycles. The number of hydrogen-bond donors (Lipinski definition) is 1. The number of carbonyl (C=O) groups excluding carboxylic acids is 1. The second-order valence-corrected chi connectivity index (χ2v) is 5.55. The Morgan fingerprint density at radius 3 is 2.40 bits per heavy atom. The molecule has 1 amide bonds. The van der Waals surface area contributed by atoms with Gasteiger partial charge in [0, 0.05) is 16.0 Å². The van der Waals surface area contributed by atoms with Crippen molar-refractivity contribution in [2.75, 3.05) is 4.43 Å². The average Bonchev–Trinajstić information content (AvgIpc) is 2.34. The van der Waals surface area contributed by atoms with Crippen LogP contribution in [0.4, 0.5) is 17.6 Å². The summed E-state index contributed by atoms with van der Waals surface area (Å²) in [4.78, 5) is 11.9. The number of amides is 1. The smallest absolute Gasteiger partial charge is 0.348 e. The van der Waals surface area contributed by atoms with Crippen molar-refractivity contribution in [1.29, 1.82) is 0 Å². The van der Waals surface area contributed by atoms with E-state index in [0.29, 0.717) is 16.6 Å². The molecule has 1 aromatic rings. The average molecular weight is 403 g/mol. The molecular formula is C13H14F4INO. The molecule has 0 spiro atoms. The predicted octanol–water partition coefficient (Wildman–Crippen LogP) is 4.03. The van der Waals surface area contributed by atoms with Crippen molar-refractivity contribution in [2.24, 2.45) is 5.92 Å². The molecule has 7 heteroatoms. The molecule has 0 aromatic heterocycles. The van der Waals surface area contributed by atoms with Crippen LogP contribution in [-0.4, -0.2) is 16.4 Å². The van der Waals surface area contributed by atoms with Gasteiger partial charge in [-0.3, -0.25) is 4.79 Å². The van der Waals surface area contributed by atoms with Crippen molar-refractivity contribution in [3.8, 4) is 0 Å². The molecule has 1 unspecified atom stereocenters. The zero-order valence-corrected chi connectivity index (χ0v) is 13.0. The minimum atomic E-state index is -4.82. The zero-order valence-electron chi connectivity index (χ0n) is 10.9. The molecule has 0 aliphatic heterocycles. The van der Waals surface area contributed by atoms with Crippen LogP contribution in [0.5, 0.6) is 0 Å². The number of alkyl halides is 4. The van der Waals surface area contributed by atoms with Gasteiger partial charge in [0.05, 0.1) is 5.56 Å². The van der Waals surface area contributed by atoms with Crippen LogP contribution in [0.25, 0.3) is 0 Å². The van der Waals surface area contributed by atoms with Gasteiger partial charge in [-0.25, -0.2) is 4.39 Å². The SMILES string of the molecule is CC(C)C(CI)NC(=O)c1ccc(F)c(C(F)(F)F)c1. The minimum Gasteiger partial charge on any atom is -0.348 e. The second kappa shape index (κ2) is 6.73. The lowest BCUT2D eigenvalue weighted by molar-refractivity contribution is -0.140. The number of rotatable bonds is 4. The maximum Gasteiger partial charge on any atom is 0.419 e. The highest BCUT2D eigenvalue weighted by Gasteiger charge is 2.34. The summed E-state index contributed by atoms with van der Waals surface area (Å²) in [5.74, 6) is -1.87. The first-order chi connectivity index (χ1) is 9.16. The van der Waals surface area contributed by atoms with Gasteiger partial charge in [0.1, 0.15) is 5.82 Å². The second-order valence-electron chi connectivity index (χ2n) is 4.67.